The molecule has 4 saturated carbocycles. The minimum atomic E-state index is -0.899. The Balaban J connectivity index is 1.38. The summed E-state index contributed by atoms with van der Waals surface area (Å²) in [6, 6.07) is 10.3. The standard InChI is InChI=1S/C37H55NO4/c1-23-14-17-37(32(42)38-21-25-10-8-7-9-11-25)19-18-35(5)26(30(37)24(23)2)12-13-29-33(3)20-27(40)31(41)34(4,22-39)28(33)15-16-36(29,35)6/h7-12,23-24,27-31,39-41H,13-22H2,1-6H3,(H,38,42)/t23-,24+,27-,28-,29-,30+,31+,33+,34+,35-,36-,37+/m1/s1. The number of aliphatic hydroxyl groups is 3. The molecule has 5 aliphatic rings. The average molecular weight is 578 g/mol. The van der Waals surface area contributed by atoms with E-state index in [4.69, 9.17) is 0 Å². The molecule has 4 N–H and O–H groups in total. The molecule has 0 heterocycles. The molecule has 1 aromatic rings. The van der Waals surface area contributed by atoms with Crippen LogP contribution in [0.5, 0.6) is 0 Å². The van der Waals surface area contributed by atoms with Gasteiger partial charge in [0, 0.05) is 12.0 Å². The average Bonchev–Trinajstić information content (AvgIpc) is 2.97. The zero-order chi connectivity index (χ0) is 30.3. The molecule has 0 aromatic heterocycles. The van der Waals surface area contributed by atoms with Gasteiger partial charge in [-0.15, -0.1) is 0 Å². The van der Waals surface area contributed by atoms with Crippen LogP contribution in [-0.2, 0) is 11.3 Å². The molecule has 5 heteroatoms. The van der Waals surface area contributed by atoms with E-state index in [2.05, 4.69) is 58.1 Å². The molecule has 12 atom stereocenters. The Morgan fingerprint density at radius 1 is 0.952 bits per heavy atom. The number of benzene rings is 1. The number of allylic oxidation sites excluding steroid dienone is 2. The summed E-state index contributed by atoms with van der Waals surface area (Å²) in [6.07, 6.45) is 8.32. The number of hydrogen-bond donors (Lipinski definition) is 4. The number of hydrogen-bond acceptors (Lipinski definition) is 4. The lowest BCUT2D eigenvalue weighted by Crippen LogP contribution is -2.68. The summed E-state index contributed by atoms with van der Waals surface area (Å²) in [6.45, 7) is 14.6. The molecule has 0 aliphatic heterocycles. The van der Waals surface area contributed by atoms with E-state index in [0.29, 0.717) is 30.7 Å². The Hall–Kier alpha value is -1.69. The van der Waals surface area contributed by atoms with Crippen LogP contribution in [0.25, 0.3) is 0 Å². The van der Waals surface area contributed by atoms with E-state index in [0.717, 1.165) is 50.5 Å². The maximum atomic E-state index is 14.3. The second-order valence-corrected chi connectivity index (χ2v) is 16.4. The summed E-state index contributed by atoms with van der Waals surface area (Å²) in [4.78, 5) is 14.3. The summed E-state index contributed by atoms with van der Waals surface area (Å²) >= 11 is 0. The van der Waals surface area contributed by atoms with Crippen molar-refractivity contribution in [2.75, 3.05) is 6.61 Å². The topological polar surface area (TPSA) is 89.8 Å². The van der Waals surface area contributed by atoms with E-state index in [1.807, 2.05) is 25.1 Å². The zero-order valence-electron chi connectivity index (χ0n) is 26.8. The Kier molecular flexibility index (Phi) is 7.35. The first-order valence-electron chi connectivity index (χ1n) is 16.8. The van der Waals surface area contributed by atoms with E-state index in [1.165, 1.54) is 5.57 Å². The van der Waals surface area contributed by atoms with Gasteiger partial charge in [-0.2, -0.15) is 0 Å². The minimum Gasteiger partial charge on any atom is -0.396 e. The summed E-state index contributed by atoms with van der Waals surface area (Å²) in [5, 5.41) is 36.2. The zero-order valence-corrected chi connectivity index (χ0v) is 26.8. The Bertz CT molecular complexity index is 1230. The van der Waals surface area contributed by atoms with E-state index in [-0.39, 0.29) is 46.0 Å². The first-order chi connectivity index (χ1) is 19.8. The Morgan fingerprint density at radius 2 is 1.67 bits per heavy atom. The second-order valence-electron chi connectivity index (χ2n) is 16.4. The van der Waals surface area contributed by atoms with Crippen LogP contribution in [0.4, 0.5) is 0 Å². The maximum absolute atomic E-state index is 14.3. The van der Waals surface area contributed by atoms with Crippen molar-refractivity contribution < 1.29 is 20.1 Å². The molecule has 232 valence electrons. The van der Waals surface area contributed by atoms with Crippen molar-refractivity contribution in [1.29, 1.82) is 0 Å². The van der Waals surface area contributed by atoms with Crippen LogP contribution in [0.15, 0.2) is 42.0 Å². The second kappa shape index (κ2) is 10.2. The lowest BCUT2D eigenvalue weighted by atomic mass is 9.33. The van der Waals surface area contributed by atoms with Crippen molar-refractivity contribution in [3.05, 3.63) is 47.5 Å². The van der Waals surface area contributed by atoms with Gasteiger partial charge in [0.25, 0.3) is 0 Å². The maximum Gasteiger partial charge on any atom is 0.227 e. The summed E-state index contributed by atoms with van der Waals surface area (Å²) < 4.78 is 0. The van der Waals surface area contributed by atoms with Crippen molar-refractivity contribution >= 4 is 5.91 Å². The van der Waals surface area contributed by atoms with Gasteiger partial charge in [0.1, 0.15) is 0 Å². The predicted octanol–water partition coefficient (Wildman–Crippen LogP) is 6.26. The van der Waals surface area contributed by atoms with Crippen LogP contribution < -0.4 is 5.32 Å². The molecule has 0 unspecified atom stereocenters. The monoisotopic (exact) mass is 577 g/mol. The third-order valence-corrected chi connectivity index (χ3v) is 14.8. The molecule has 1 aromatic carbocycles. The molecule has 5 nitrogen and oxygen atoms in total. The molecule has 1 amide bonds. The van der Waals surface area contributed by atoms with Gasteiger partial charge in [-0.3, -0.25) is 4.79 Å². The van der Waals surface area contributed by atoms with Crippen molar-refractivity contribution in [3.63, 3.8) is 0 Å². The molecule has 4 fully saturated rings. The van der Waals surface area contributed by atoms with Gasteiger partial charge in [0.05, 0.1) is 24.2 Å². The van der Waals surface area contributed by atoms with Gasteiger partial charge in [0.2, 0.25) is 5.91 Å². The van der Waals surface area contributed by atoms with Gasteiger partial charge >= 0.3 is 0 Å². The largest absolute Gasteiger partial charge is 0.396 e. The van der Waals surface area contributed by atoms with Crippen LogP contribution in [-0.4, -0.2) is 40.0 Å². The highest BCUT2D eigenvalue weighted by Gasteiger charge is 2.70. The smallest absolute Gasteiger partial charge is 0.227 e. The highest BCUT2D eigenvalue weighted by Crippen LogP contribution is 2.75. The van der Waals surface area contributed by atoms with Gasteiger partial charge in [-0.25, -0.2) is 0 Å². The lowest BCUT2D eigenvalue weighted by molar-refractivity contribution is -0.243. The molecule has 0 radical (unpaired) electrons. The highest BCUT2D eigenvalue weighted by molar-refractivity contribution is 5.84. The summed E-state index contributed by atoms with van der Waals surface area (Å²) in [5.41, 5.74) is 1.42. The van der Waals surface area contributed by atoms with E-state index in [9.17, 15) is 20.1 Å². The number of amides is 1. The molecule has 42 heavy (non-hydrogen) atoms. The van der Waals surface area contributed by atoms with Crippen molar-refractivity contribution in [2.45, 2.75) is 112 Å². The van der Waals surface area contributed by atoms with Crippen molar-refractivity contribution in [1.82, 2.24) is 5.32 Å². The van der Waals surface area contributed by atoms with Gasteiger partial charge in [-0.1, -0.05) is 83.5 Å². The first-order valence-corrected chi connectivity index (χ1v) is 16.8. The fourth-order valence-corrected chi connectivity index (χ4v) is 12.0. The fourth-order valence-electron chi connectivity index (χ4n) is 12.0. The van der Waals surface area contributed by atoms with Crippen LogP contribution >= 0.6 is 0 Å². The third kappa shape index (κ3) is 3.94. The predicted molar refractivity (Wildman–Crippen MR) is 166 cm³/mol. The number of rotatable bonds is 4. The van der Waals surface area contributed by atoms with Gasteiger partial charge in [-0.05, 0) is 103 Å². The normalized spacial score (nSPS) is 49.9. The third-order valence-electron chi connectivity index (χ3n) is 14.8. The Morgan fingerprint density at radius 3 is 2.36 bits per heavy atom. The van der Waals surface area contributed by atoms with Gasteiger partial charge < -0.3 is 20.6 Å². The highest BCUT2D eigenvalue weighted by atomic mass is 16.3. The van der Waals surface area contributed by atoms with Crippen LogP contribution in [0.2, 0.25) is 0 Å². The quantitative estimate of drug-likeness (QED) is 0.318. The summed E-state index contributed by atoms with van der Waals surface area (Å²) in [5.74, 6) is 1.99. The molecule has 0 spiro atoms. The van der Waals surface area contributed by atoms with E-state index < -0.39 is 17.6 Å². The number of aliphatic hydroxyl groups excluding tert-OH is 3. The molecular weight excluding hydrogens is 522 g/mol. The number of carbonyl (C=O) groups is 1. The SMILES string of the molecule is C[C@H]1[C@H](C)CC[C@]2(C(=O)NCc3ccccc3)CC[C@]3(C)C(=CC[C@@H]4[C@@]5(C)C[C@@H](O)[C@H](O)[C@@](C)(CO)[C@@H]5CC[C@]43C)[C@H]12. The molecular formula is C37H55NO4. The fraction of sp³-hybridized carbons (Fsp3) is 0.757. The van der Waals surface area contributed by atoms with Crippen LogP contribution in [0, 0.1) is 56.7 Å². The molecule has 6 rings (SSSR count). The van der Waals surface area contributed by atoms with E-state index in [1.54, 1.807) is 0 Å². The molecule has 0 saturated heterocycles. The molecule has 5 aliphatic carbocycles. The van der Waals surface area contributed by atoms with Crippen LogP contribution in [0.1, 0.15) is 98.5 Å². The number of carbonyl (C=O) groups excluding carboxylic acids is 1. The first kappa shape index (κ1) is 30.3. The van der Waals surface area contributed by atoms with Gasteiger partial charge in [0.15, 0.2) is 0 Å². The Labute approximate surface area is 253 Å². The van der Waals surface area contributed by atoms with Crippen LogP contribution in [0.3, 0.4) is 0 Å². The van der Waals surface area contributed by atoms with Crippen molar-refractivity contribution in [3.8, 4) is 0 Å². The molecule has 0 bridgehead atoms. The lowest BCUT2D eigenvalue weighted by Gasteiger charge is -2.71. The summed E-state index contributed by atoms with van der Waals surface area (Å²) in [7, 11) is 0. The van der Waals surface area contributed by atoms with E-state index >= 15 is 0 Å². The van der Waals surface area contributed by atoms with Crippen molar-refractivity contribution in [2.24, 2.45) is 56.7 Å². The minimum absolute atomic E-state index is 0.0216. The number of fused-ring (bicyclic) bond motifs is 7. The number of nitrogens with one attached hydrogen (secondary N) is 1.